The molecule has 2 aromatic rings. The molecule has 1 unspecified atom stereocenters. The predicted octanol–water partition coefficient (Wildman–Crippen LogP) is 2.51. The molecule has 4 rings (SSSR count). The van der Waals surface area contributed by atoms with Crippen LogP contribution < -0.4 is 9.62 Å². The van der Waals surface area contributed by atoms with Gasteiger partial charge < -0.3 is 10.1 Å². The number of fused-ring (bicyclic) bond motifs is 1. The predicted molar refractivity (Wildman–Crippen MR) is 126 cm³/mol. The van der Waals surface area contributed by atoms with Gasteiger partial charge in [-0.25, -0.2) is 8.42 Å². The first-order valence-corrected chi connectivity index (χ1v) is 12.9. The monoisotopic (exact) mass is 457 g/mol. The molecule has 1 amide bonds. The van der Waals surface area contributed by atoms with Crippen molar-refractivity contribution in [3.05, 3.63) is 64.7 Å². The summed E-state index contributed by atoms with van der Waals surface area (Å²) in [5, 5.41) is 3.21. The van der Waals surface area contributed by atoms with Crippen LogP contribution in [0, 0.1) is 6.92 Å². The van der Waals surface area contributed by atoms with Crippen LogP contribution in [0.15, 0.2) is 42.5 Å². The molecule has 0 spiro atoms. The Balaban J connectivity index is 1.55. The number of benzene rings is 2. The average Bonchev–Trinajstić information content (AvgIpc) is 2.78. The Hall–Kier alpha value is -2.42. The molecule has 0 radical (unpaired) electrons. The Morgan fingerprint density at radius 3 is 2.50 bits per heavy atom. The van der Waals surface area contributed by atoms with Crippen LogP contribution in [0.3, 0.4) is 0 Å². The molecule has 8 heteroatoms. The highest BCUT2D eigenvalue weighted by atomic mass is 32.2. The molecule has 172 valence electrons. The molecule has 32 heavy (non-hydrogen) atoms. The minimum atomic E-state index is -3.33. The summed E-state index contributed by atoms with van der Waals surface area (Å²) in [6.45, 7) is 6.34. The van der Waals surface area contributed by atoms with E-state index in [9.17, 15) is 13.2 Å². The number of carbonyl (C=O) groups excluding carboxylic acids is 1. The van der Waals surface area contributed by atoms with Crippen LogP contribution >= 0.6 is 0 Å². The number of sulfonamides is 1. The van der Waals surface area contributed by atoms with Gasteiger partial charge in [0, 0.05) is 31.7 Å². The number of ether oxygens (including phenoxy) is 1. The fraction of sp³-hybridized carbons (Fsp3) is 0.458. The van der Waals surface area contributed by atoms with Crippen molar-refractivity contribution in [1.29, 1.82) is 0 Å². The molecule has 0 bridgehead atoms. The van der Waals surface area contributed by atoms with E-state index >= 15 is 0 Å². The van der Waals surface area contributed by atoms with Crippen molar-refractivity contribution in [1.82, 2.24) is 10.2 Å². The first kappa shape index (κ1) is 22.8. The first-order valence-electron chi connectivity index (χ1n) is 11.1. The Bertz CT molecular complexity index is 1060. The number of aryl methyl sites for hydroxylation is 2. The maximum atomic E-state index is 13.2. The fourth-order valence-corrected chi connectivity index (χ4v) is 5.36. The molecule has 2 heterocycles. The fourth-order valence-electron chi connectivity index (χ4n) is 4.36. The second-order valence-electron chi connectivity index (χ2n) is 8.63. The number of nitrogens with one attached hydrogen (secondary N) is 1. The van der Waals surface area contributed by atoms with Gasteiger partial charge in [-0.3, -0.25) is 14.0 Å². The minimum Gasteiger partial charge on any atom is -0.379 e. The largest absolute Gasteiger partial charge is 0.379 e. The van der Waals surface area contributed by atoms with Crippen LogP contribution in [0.2, 0.25) is 0 Å². The molecule has 2 aliphatic rings. The minimum absolute atomic E-state index is 0.148. The van der Waals surface area contributed by atoms with E-state index in [-0.39, 0.29) is 11.9 Å². The lowest BCUT2D eigenvalue weighted by molar-refractivity contribution is 0.0332. The van der Waals surface area contributed by atoms with E-state index in [4.69, 9.17) is 4.74 Å². The number of amides is 1. The zero-order valence-electron chi connectivity index (χ0n) is 18.7. The lowest BCUT2D eigenvalue weighted by Crippen LogP contribution is -2.43. The van der Waals surface area contributed by atoms with Gasteiger partial charge in [-0.2, -0.15) is 0 Å². The third-order valence-electron chi connectivity index (χ3n) is 6.15. The van der Waals surface area contributed by atoms with E-state index in [1.165, 1.54) is 16.1 Å². The second-order valence-corrected chi connectivity index (χ2v) is 10.5. The van der Waals surface area contributed by atoms with Gasteiger partial charge >= 0.3 is 0 Å². The standard InChI is InChI=1S/C24H31N3O4S/c1-18-5-7-19(8-6-18)22(17-26-12-14-31-15-13-26)25-24(28)21-9-10-23-20(16-21)4-3-11-27(23)32(2,29)30/h5-10,16,22H,3-4,11-15,17H2,1-2H3,(H,25,28). The highest BCUT2D eigenvalue weighted by Crippen LogP contribution is 2.30. The van der Waals surface area contributed by atoms with Gasteiger partial charge in [0.05, 0.1) is 31.2 Å². The number of rotatable bonds is 6. The molecule has 0 aromatic heterocycles. The maximum absolute atomic E-state index is 13.2. The van der Waals surface area contributed by atoms with E-state index in [1.54, 1.807) is 12.1 Å². The lowest BCUT2D eigenvalue weighted by Gasteiger charge is -2.31. The number of nitrogens with zero attached hydrogens (tertiary/aromatic N) is 2. The number of hydrogen-bond donors (Lipinski definition) is 1. The summed E-state index contributed by atoms with van der Waals surface area (Å²) < 4.78 is 31.1. The first-order chi connectivity index (χ1) is 15.3. The number of hydrogen-bond acceptors (Lipinski definition) is 5. The van der Waals surface area contributed by atoms with Gasteiger partial charge in [-0.1, -0.05) is 29.8 Å². The third-order valence-corrected chi connectivity index (χ3v) is 7.33. The normalized spacial score (nSPS) is 18.1. The van der Waals surface area contributed by atoms with E-state index in [0.717, 1.165) is 37.1 Å². The van der Waals surface area contributed by atoms with Crippen molar-refractivity contribution in [2.75, 3.05) is 50.0 Å². The van der Waals surface area contributed by atoms with Gasteiger partial charge in [0.25, 0.3) is 5.91 Å². The van der Waals surface area contributed by atoms with Gasteiger partial charge in [0.2, 0.25) is 10.0 Å². The molecule has 1 saturated heterocycles. The zero-order chi connectivity index (χ0) is 22.7. The van der Waals surface area contributed by atoms with Crippen LogP contribution in [0.25, 0.3) is 0 Å². The van der Waals surface area contributed by atoms with Gasteiger partial charge in [0.15, 0.2) is 0 Å². The number of carbonyl (C=O) groups is 1. The molecule has 2 aromatic carbocycles. The summed E-state index contributed by atoms with van der Waals surface area (Å²) in [5.74, 6) is -0.150. The molecular formula is C24H31N3O4S. The van der Waals surface area contributed by atoms with Gasteiger partial charge in [-0.05, 0) is 49.1 Å². The number of anilines is 1. The van der Waals surface area contributed by atoms with Crippen molar-refractivity contribution in [3.8, 4) is 0 Å². The summed E-state index contributed by atoms with van der Waals surface area (Å²) in [4.78, 5) is 15.5. The quantitative estimate of drug-likeness (QED) is 0.721. The number of morpholine rings is 1. The highest BCUT2D eigenvalue weighted by Gasteiger charge is 2.26. The SMILES string of the molecule is Cc1ccc(C(CN2CCOCC2)NC(=O)c2ccc3c(c2)CCCN3S(C)(=O)=O)cc1. The van der Waals surface area contributed by atoms with Crippen molar-refractivity contribution < 1.29 is 17.9 Å². The van der Waals surface area contributed by atoms with Crippen molar-refractivity contribution in [2.24, 2.45) is 0 Å². The average molecular weight is 458 g/mol. The summed E-state index contributed by atoms with van der Waals surface area (Å²) in [6.07, 6.45) is 2.73. The van der Waals surface area contributed by atoms with Crippen LogP contribution in [-0.2, 0) is 21.2 Å². The summed E-state index contributed by atoms with van der Waals surface area (Å²) in [7, 11) is -3.33. The zero-order valence-corrected chi connectivity index (χ0v) is 19.5. The summed E-state index contributed by atoms with van der Waals surface area (Å²) in [5.41, 5.74) is 4.37. The van der Waals surface area contributed by atoms with Gasteiger partial charge in [-0.15, -0.1) is 0 Å². The summed E-state index contributed by atoms with van der Waals surface area (Å²) in [6, 6.07) is 13.4. The Morgan fingerprint density at radius 2 is 1.81 bits per heavy atom. The smallest absolute Gasteiger partial charge is 0.251 e. The van der Waals surface area contributed by atoms with Crippen molar-refractivity contribution in [2.45, 2.75) is 25.8 Å². The maximum Gasteiger partial charge on any atom is 0.251 e. The van der Waals surface area contributed by atoms with Gasteiger partial charge in [0.1, 0.15) is 0 Å². The lowest BCUT2D eigenvalue weighted by atomic mass is 9.99. The molecule has 7 nitrogen and oxygen atoms in total. The van der Waals surface area contributed by atoms with Crippen molar-refractivity contribution in [3.63, 3.8) is 0 Å². The van der Waals surface area contributed by atoms with E-state index < -0.39 is 10.0 Å². The van der Waals surface area contributed by atoms with Crippen LogP contribution in [0.4, 0.5) is 5.69 Å². The second kappa shape index (κ2) is 9.60. The molecule has 2 aliphatic heterocycles. The van der Waals surface area contributed by atoms with Crippen LogP contribution in [-0.4, -0.2) is 64.9 Å². The summed E-state index contributed by atoms with van der Waals surface area (Å²) >= 11 is 0. The van der Waals surface area contributed by atoms with Crippen molar-refractivity contribution >= 4 is 21.6 Å². The third kappa shape index (κ3) is 5.31. The molecular weight excluding hydrogens is 426 g/mol. The topological polar surface area (TPSA) is 79.0 Å². The van der Waals surface area contributed by atoms with E-state index in [2.05, 4.69) is 34.5 Å². The molecule has 0 aliphatic carbocycles. The molecule has 1 fully saturated rings. The van der Waals surface area contributed by atoms with Crippen LogP contribution in [0.1, 0.15) is 39.5 Å². The Kier molecular flexibility index (Phi) is 6.83. The van der Waals surface area contributed by atoms with Crippen LogP contribution in [0.5, 0.6) is 0 Å². The molecule has 1 atom stereocenters. The molecule has 1 N–H and O–H groups in total. The van der Waals surface area contributed by atoms with E-state index in [0.29, 0.717) is 37.6 Å². The Morgan fingerprint density at radius 1 is 1.09 bits per heavy atom. The highest BCUT2D eigenvalue weighted by molar-refractivity contribution is 7.92. The Labute approximate surface area is 190 Å². The van der Waals surface area contributed by atoms with E-state index in [1.807, 2.05) is 13.0 Å². The molecule has 0 saturated carbocycles.